The first-order valence-corrected chi connectivity index (χ1v) is 6.24. The van der Waals surface area contributed by atoms with Crippen LogP contribution in [0, 0.1) is 11.3 Å². The summed E-state index contributed by atoms with van der Waals surface area (Å²) in [6.07, 6.45) is -2.23. The summed E-state index contributed by atoms with van der Waals surface area (Å²) >= 11 is 0. The van der Waals surface area contributed by atoms with Gasteiger partial charge < -0.3 is 5.32 Å². The monoisotopic (exact) mass is 294 g/mol. The molecule has 2 aromatic rings. The van der Waals surface area contributed by atoms with E-state index in [0.29, 0.717) is 18.7 Å². The third-order valence-electron chi connectivity index (χ3n) is 3.08. The lowest BCUT2D eigenvalue weighted by molar-refractivity contribution is -0.137. The Hall–Kier alpha value is -2.49. The predicted octanol–water partition coefficient (Wildman–Crippen LogP) is 2.97. The highest BCUT2D eigenvalue weighted by Gasteiger charge is 2.33. The van der Waals surface area contributed by atoms with Crippen LogP contribution in [0.1, 0.15) is 16.8 Å². The fraction of sp³-hybridized carbons (Fsp3) is 0.286. The van der Waals surface area contributed by atoms with Gasteiger partial charge in [0.1, 0.15) is 0 Å². The summed E-state index contributed by atoms with van der Waals surface area (Å²) in [4.78, 5) is 0. The van der Waals surface area contributed by atoms with Gasteiger partial charge in [-0.25, -0.2) is 0 Å². The molecule has 0 atom stereocenters. The van der Waals surface area contributed by atoms with E-state index >= 15 is 0 Å². The van der Waals surface area contributed by atoms with Gasteiger partial charge >= 0.3 is 6.18 Å². The smallest absolute Gasteiger partial charge is 0.385 e. The van der Waals surface area contributed by atoms with Gasteiger partial charge in [0.2, 0.25) is 0 Å². The average molecular weight is 294 g/mol. The number of aromatic nitrogens is 2. The van der Waals surface area contributed by atoms with Crippen LogP contribution in [0.25, 0.3) is 0 Å². The predicted molar refractivity (Wildman–Crippen MR) is 71.6 cm³/mol. The summed E-state index contributed by atoms with van der Waals surface area (Å²) in [6.45, 7) is 0.475. The minimum absolute atomic E-state index is 0.337. The highest BCUT2D eigenvalue weighted by Crippen LogP contribution is 2.33. The Balaban J connectivity index is 2.08. The molecular formula is C14H13F3N4. The summed E-state index contributed by atoms with van der Waals surface area (Å²) in [7, 11) is 1.80. The molecule has 110 valence electrons. The molecule has 1 heterocycles. The van der Waals surface area contributed by atoms with Crippen LogP contribution in [-0.2, 0) is 19.6 Å². The maximum Gasteiger partial charge on any atom is 0.417 e. The zero-order chi connectivity index (χ0) is 15.5. The number of nitriles is 1. The maximum absolute atomic E-state index is 12.8. The van der Waals surface area contributed by atoms with Crippen LogP contribution in [0.15, 0.2) is 30.5 Å². The molecule has 1 aromatic heterocycles. The largest absolute Gasteiger partial charge is 0.417 e. The number of nitrogens with one attached hydrogen (secondary N) is 1. The van der Waals surface area contributed by atoms with Gasteiger partial charge in [-0.05, 0) is 24.3 Å². The van der Waals surface area contributed by atoms with Crippen molar-refractivity contribution in [2.24, 2.45) is 7.05 Å². The molecule has 4 nitrogen and oxygen atoms in total. The fourth-order valence-corrected chi connectivity index (χ4v) is 1.97. The lowest BCUT2D eigenvalue weighted by atomic mass is 10.1. The first-order chi connectivity index (χ1) is 9.91. The normalized spacial score (nSPS) is 11.2. The Bertz CT molecular complexity index is 668. The molecule has 1 aromatic carbocycles. The summed E-state index contributed by atoms with van der Waals surface area (Å²) in [5.74, 6) is 0. The first kappa shape index (κ1) is 14.9. The highest BCUT2D eigenvalue weighted by atomic mass is 19.4. The molecule has 0 aliphatic carbocycles. The van der Waals surface area contributed by atoms with Crippen LogP contribution in [0.3, 0.4) is 0 Å². The molecule has 0 saturated heterocycles. The van der Waals surface area contributed by atoms with Crippen molar-refractivity contribution in [2.45, 2.75) is 12.6 Å². The molecule has 21 heavy (non-hydrogen) atoms. The second kappa shape index (κ2) is 5.87. The number of rotatable bonds is 4. The topological polar surface area (TPSA) is 53.6 Å². The minimum Gasteiger partial charge on any atom is -0.385 e. The summed E-state index contributed by atoms with van der Waals surface area (Å²) in [5.41, 5.74) is 0.0194. The molecule has 0 spiro atoms. The molecule has 0 amide bonds. The van der Waals surface area contributed by atoms with Gasteiger partial charge in [-0.15, -0.1) is 0 Å². The molecule has 0 aliphatic rings. The molecule has 2 rings (SSSR count). The number of hydrogen-bond acceptors (Lipinski definition) is 3. The maximum atomic E-state index is 12.8. The molecule has 0 unspecified atom stereocenters. The van der Waals surface area contributed by atoms with Gasteiger partial charge in [0, 0.05) is 37.6 Å². The quantitative estimate of drug-likeness (QED) is 0.943. The molecule has 0 bridgehead atoms. The van der Waals surface area contributed by atoms with Crippen molar-refractivity contribution in [3.63, 3.8) is 0 Å². The van der Waals surface area contributed by atoms with Crippen molar-refractivity contribution >= 4 is 5.69 Å². The van der Waals surface area contributed by atoms with Gasteiger partial charge in [0.25, 0.3) is 0 Å². The van der Waals surface area contributed by atoms with Crippen molar-refractivity contribution in [2.75, 3.05) is 11.9 Å². The van der Waals surface area contributed by atoms with Gasteiger partial charge in [-0.2, -0.15) is 23.5 Å². The van der Waals surface area contributed by atoms with E-state index in [1.807, 2.05) is 6.07 Å². The molecular weight excluding hydrogens is 281 g/mol. The number of nitrogens with zero attached hydrogens (tertiary/aromatic N) is 3. The SMILES string of the molecule is Cn1nccc1CCNc1ccc(C#N)c(C(F)(F)F)c1. The summed E-state index contributed by atoms with van der Waals surface area (Å²) in [5, 5.41) is 15.7. The van der Waals surface area contributed by atoms with Crippen molar-refractivity contribution in [1.29, 1.82) is 5.26 Å². The van der Waals surface area contributed by atoms with Gasteiger partial charge in [-0.1, -0.05) is 0 Å². The highest BCUT2D eigenvalue weighted by molar-refractivity contribution is 5.53. The molecule has 7 heteroatoms. The number of alkyl halides is 3. The Morgan fingerprint density at radius 2 is 2.10 bits per heavy atom. The van der Waals surface area contributed by atoms with E-state index in [0.717, 1.165) is 11.8 Å². The molecule has 0 radical (unpaired) electrons. The van der Waals surface area contributed by atoms with Gasteiger partial charge in [-0.3, -0.25) is 4.68 Å². The number of anilines is 1. The van der Waals surface area contributed by atoms with E-state index < -0.39 is 11.7 Å². The number of benzene rings is 1. The van der Waals surface area contributed by atoms with Crippen molar-refractivity contribution in [3.8, 4) is 6.07 Å². The van der Waals surface area contributed by atoms with E-state index in [1.54, 1.807) is 24.0 Å². The fourth-order valence-electron chi connectivity index (χ4n) is 1.97. The summed E-state index contributed by atoms with van der Waals surface area (Å²) < 4.78 is 40.2. The van der Waals surface area contributed by atoms with Crippen LogP contribution < -0.4 is 5.32 Å². The van der Waals surface area contributed by atoms with E-state index in [4.69, 9.17) is 5.26 Å². The molecule has 0 fully saturated rings. The third-order valence-corrected chi connectivity index (χ3v) is 3.08. The van der Waals surface area contributed by atoms with Crippen LogP contribution in [-0.4, -0.2) is 16.3 Å². The van der Waals surface area contributed by atoms with E-state index in [2.05, 4.69) is 10.4 Å². The number of hydrogen-bond donors (Lipinski definition) is 1. The first-order valence-electron chi connectivity index (χ1n) is 6.24. The van der Waals surface area contributed by atoms with Crippen molar-refractivity contribution < 1.29 is 13.2 Å². The lowest BCUT2D eigenvalue weighted by Crippen LogP contribution is -2.11. The standard InChI is InChI=1S/C14H13F3N4/c1-21-12(5-7-20-21)4-6-19-11-3-2-10(9-18)13(8-11)14(15,16)17/h2-3,5,7-8,19H,4,6H2,1H3. The Labute approximate surface area is 119 Å². The number of aryl methyl sites for hydroxylation is 1. The molecule has 0 aliphatic heterocycles. The van der Waals surface area contributed by atoms with E-state index in [1.165, 1.54) is 12.1 Å². The molecule has 1 N–H and O–H groups in total. The Morgan fingerprint density at radius 1 is 1.33 bits per heavy atom. The van der Waals surface area contributed by atoms with Crippen molar-refractivity contribution in [3.05, 3.63) is 47.3 Å². The lowest BCUT2D eigenvalue weighted by Gasteiger charge is -2.12. The third kappa shape index (κ3) is 3.54. The van der Waals surface area contributed by atoms with Crippen LogP contribution in [0.5, 0.6) is 0 Å². The Kier molecular flexibility index (Phi) is 4.17. The van der Waals surface area contributed by atoms with E-state index in [-0.39, 0.29) is 5.56 Å². The van der Waals surface area contributed by atoms with Crippen LogP contribution >= 0.6 is 0 Å². The Morgan fingerprint density at radius 3 is 2.67 bits per heavy atom. The van der Waals surface area contributed by atoms with Gasteiger partial charge in [0.15, 0.2) is 0 Å². The second-order valence-electron chi connectivity index (χ2n) is 4.49. The van der Waals surface area contributed by atoms with Gasteiger partial charge in [0.05, 0.1) is 17.2 Å². The average Bonchev–Trinajstić information content (AvgIpc) is 2.83. The zero-order valence-corrected chi connectivity index (χ0v) is 11.3. The van der Waals surface area contributed by atoms with Crippen LogP contribution in [0.4, 0.5) is 18.9 Å². The zero-order valence-electron chi connectivity index (χ0n) is 11.3. The molecule has 0 saturated carbocycles. The number of halogens is 3. The second-order valence-corrected chi connectivity index (χ2v) is 4.49. The van der Waals surface area contributed by atoms with Crippen molar-refractivity contribution in [1.82, 2.24) is 9.78 Å². The summed E-state index contributed by atoms with van der Waals surface area (Å²) in [6, 6.07) is 7.01. The van der Waals surface area contributed by atoms with Crippen LogP contribution in [0.2, 0.25) is 0 Å². The minimum atomic E-state index is -4.54. The van der Waals surface area contributed by atoms with E-state index in [9.17, 15) is 13.2 Å².